The first-order valence-electron chi connectivity index (χ1n) is 8.06. The first-order valence-corrected chi connectivity index (χ1v) is 8.06. The van der Waals surface area contributed by atoms with E-state index in [0.29, 0.717) is 6.54 Å². The Balaban J connectivity index is 1.91. The van der Waals surface area contributed by atoms with Crippen molar-refractivity contribution in [2.45, 2.75) is 57.5 Å². The molecule has 1 aliphatic carbocycles. The highest BCUT2D eigenvalue weighted by atomic mass is 16.2. The number of imide groups is 1. The van der Waals surface area contributed by atoms with E-state index in [9.17, 15) is 14.4 Å². The van der Waals surface area contributed by atoms with Gasteiger partial charge in [-0.25, -0.2) is 4.79 Å². The second kappa shape index (κ2) is 6.64. The Labute approximate surface area is 131 Å². The first-order chi connectivity index (χ1) is 10.4. The van der Waals surface area contributed by atoms with Crippen LogP contribution in [0.1, 0.15) is 46.0 Å². The molecule has 0 bridgehead atoms. The Morgan fingerprint density at radius 3 is 2.73 bits per heavy atom. The molecule has 22 heavy (non-hydrogen) atoms. The first kappa shape index (κ1) is 16.7. The van der Waals surface area contributed by atoms with E-state index in [2.05, 4.69) is 17.6 Å². The highest BCUT2D eigenvalue weighted by Crippen LogP contribution is 2.42. The summed E-state index contributed by atoms with van der Waals surface area (Å²) in [5.41, 5.74) is 4.80. The molecular weight excluding hydrogens is 284 g/mol. The van der Waals surface area contributed by atoms with E-state index in [1.807, 2.05) is 0 Å². The van der Waals surface area contributed by atoms with Crippen molar-refractivity contribution in [3.05, 3.63) is 0 Å². The third-order valence-electron chi connectivity index (χ3n) is 4.55. The standard InChI is InChI=1S/C15H26N4O3/c1-3-4-5-11(8-16)17-12(20)9-19-13(21)15(2,10-6-7-10)18-14(19)22/h10-11H,3-9,16H2,1-2H3,(H,17,20)(H,18,22). The second-order valence-corrected chi connectivity index (χ2v) is 6.44. The van der Waals surface area contributed by atoms with E-state index in [4.69, 9.17) is 5.73 Å². The summed E-state index contributed by atoms with van der Waals surface area (Å²) in [6, 6.07) is -0.588. The number of nitrogens with zero attached hydrogens (tertiary/aromatic N) is 1. The van der Waals surface area contributed by atoms with Crippen molar-refractivity contribution in [2.75, 3.05) is 13.1 Å². The van der Waals surface area contributed by atoms with Crippen LogP contribution in [-0.2, 0) is 9.59 Å². The van der Waals surface area contributed by atoms with Crippen molar-refractivity contribution in [3.8, 4) is 0 Å². The van der Waals surface area contributed by atoms with Crippen LogP contribution >= 0.6 is 0 Å². The molecule has 2 fully saturated rings. The molecule has 1 saturated carbocycles. The van der Waals surface area contributed by atoms with E-state index in [-0.39, 0.29) is 30.3 Å². The van der Waals surface area contributed by atoms with Gasteiger partial charge in [0.2, 0.25) is 5.91 Å². The lowest BCUT2D eigenvalue weighted by Gasteiger charge is -2.21. The molecule has 4 amide bonds. The van der Waals surface area contributed by atoms with Gasteiger partial charge in [-0.15, -0.1) is 0 Å². The van der Waals surface area contributed by atoms with E-state index >= 15 is 0 Å². The summed E-state index contributed by atoms with van der Waals surface area (Å²) in [5.74, 6) is -0.443. The predicted molar refractivity (Wildman–Crippen MR) is 81.9 cm³/mol. The Kier molecular flexibility index (Phi) is 5.05. The maximum Gasteiger partial charge on any atom is 0.325 e. The Morgan fingerprint density at radius 2 is 2.18 bits per heavy atom. The largest absolute Gasteiger partial charge is 0.351 e. The predicted octanol–water partition coefficient (Wildman–Crippen LogP) is 0.341. The number of amides is 4. The number of carbonyl (C=O) groups excluding carboxylic acids is 3. The summed E-state index contributed by atoms with van der Waals surface area (Å²) in [4.78, 5) is 37.5. The smallest absolute Gasteiger partial charge is 0.325 e. The van der Waals surface area contributed by atoms with Crippen LogP contribution in [-0.4, -0.2) is 47.4 Å². The zero-order chi connectivity index (χ0) is 16.3. The van der Waals surface area contributed by atoms with Gasteiger partial charge in [-0.3, -0.25) is 14.5 Å². The molecule has 2 rings (SSSR count). The lowest BCUT2D eigenvalue weighted by molar-refractivity contribution is -0.135. The maximum absolute atomic E-state index is 12.4. The van der Waals surface area contributed by atoms with Gasteiger partial charge < -0.3 is 16.4 Å². The normalized spacial score (nSPS) is 26.0. The van der Waals surface area contributed by atoms with Crippen molar-refractivity contribution < 1.29 is 14.4 Å². The molecule has 1 aliphatic heterocycles. The van der Waals surface area contributed by atoms with Gasteiger partial charge in [0.05, 0.1) is 0 Å². The number of unbranched alkanes of at least 4 members (excludes halogenated alkanes) is 1. The number of rotatable bonds is 8. The van der Waals surface area contributed by atoms with E-state index in [0.717, 1.165) is 37.0 Å². The maximum atomic E-state index is 12.4. The molecule has 0 aromatic rings. The van der Waals surface area contributed by atoms with Crippen molar-refractivity contribution in [1.82, 2.24) is 15.5 Å². The number of nitrogens with one attached hydrogen (secondary N) is 2. The fourth-order valence-electron chi connectivity index (χ4n) is 2.91. The minimum absolute atomic E-state index is 0.108. The number of hydrogen-bond donors (Lipinski definition) is 3. The molecule has 0 spiro atoms. The van der Waals surface area contributed by atoms with Crippen molar-refractivity contribution in [2.24, 2.45) is 11.7 Å². The quantitative estimate of drug-likeness (QED) is 0.562. The minimum atomic E-state index is -0.840. The Hall–Kier alpha value is -1.63. The summed E-state index contributed by atoms with van der Waals surface area (Å²) in [7, 11) is 0. The van der Waals surface area contributed by atoms with Crippen LogP contribution < -0.4 is 16.4 Å². The SMILES string of the molecule is CCCCC(CN)NC(=O)CN1C(=O)NC(C)(C2CC2)C1=O. The molecule has 1 saturated heterocycles. The van der Waals surface area contributed by atoms with Gasteiger partial charge >= 0.3 is 6.03 Å². The third-order valence-corrected chi connectivity index (χ3v) is 4.55. The molecular formula is C15H26N4O3. The van der Waals surface area contributed by atoms with Crippen LogP contribution in [0.2, 0.25) is 0 Å². The highest BCUT2D eigenvalue weighted by Gasteiger charge is 2.56. The fraction of sp³-hybridized carbons (Fsp3) is 0.800. The Bertz CT molecular complexity index is 464. The summed E-state index contributed by atoms with van der Waals surface area (Å²) in [6.07, 6.45) is 4.69. The Morgan fingerprint density at radius 1 is 1.50 bits per heavy atom. The summed E-state index contributed by atoms with van der Waals surface area (Å²) in [6.45, 7) is 3.93. The molecule has 0 aromatic carbocycles. The van der Waals surface area contributed by atoms with E-state index < -0.39 is 11.6 Å². The zero-order valence-corrected chi connectivity index (χ0v) is 13.4. The number of hydrogen-bond acceptors (Lipinski definition) is 4. The molecule has 4 N–H and O–H groups in total. The van der Waals surface area contributed by atoms with Crippen molar-refractivity contribution in [1.29, 1.82) is 0 Å². The minimum Gasteiger partial charge on any atom is -0.351 e. The van der Waals surface area contributed by atoms with Crippen molar-refractivity contribution >= 4 is 17.8 Å². The fourth-order valence-corrected chi connectivity index (χ4v) is 2.91. The lowest BCUT2D eigenvalue weighted by atomic mass is 9.96. The van der Waals surface area contributed by atoms with Crippen molar-refractivity contribution in [3.63, 3.8) is 0 Å². The molecule has 124 valence electrons. The van der Waals surface area contributed by atoms with Crippen LogP contribution in [0.5, 0.6) is 0 Å². The van der Waals surface area contributed by atoms with Gasteiger partial charge in [0.15, 0.2) is 0 Å². The number of carbonyl (C=O) groups is 3. The van der Waals surface area contributed by atoms with Gasteiger partial charge in [0.1, 0.15) is 12.1 Å². The molecule has 2 aliphatic rings. The molecule has 7 heteroatoms. The summed E-state index contributed by atoms with van der Waals surface area (Å²) in [5, 5.41) is 5.54. The molecule has 0 aromatic heterocycles. The van der Waals surface area contributed by atoms with Crippen LogP contribution in [0, 0.1) is 5.92 Å². The lowest BCUT2D eigenvalue weighted by Crippen LogP contribution is -2.48. The number of urea groups is 1. The molecule has 2 unspecified atom stereocenters. The molecule has 7 nitrogen and oxygen atoms in total. The molecule has 1 heterocycles. The van der Waals surface area contributed by atoms with Crippen LogP contribution in [0.15, 0.2) is 0 Å². The van der Waals surface area contributed by atoms with Gasteiger partial charge in [-0.05, 0) is 32.1 Å². The van der Waals surface area contributed by atoms with Gasteiger partial charge in [-0.1, -0.05) is 19.8 Å². The van der Waals surface area contributed by atoms with Gasteiger partial charge in [0.25, 0.3) is 5.91 Å². The average molecular weight is 310 g/mol. The average Bonchev–Trinajstić information content (AvgIpc) is 3.30. The molecule has 0 radical (unpaired) electrons. The third kappa shape index (κ3) is 3.40. The van der Waals surface area contributed by atoms with E-state index in [1.165, 1.54) is 0 Å². The van der Waals surface area contributed by atoms with Crippen LogP contribution in [0.25, 0.3) is 0 Å². The van der Waals surface area contributed by atoms with Crippen LogP contribution in [0.4, 0.5) is 4.79 Å². The molecule has 2 atom stereocenters. The number of nitrogens with two attached hydrogens (primary N) is 1. The zero-order valence-electron chi connectivity index (χ0n) is 13.4. The summed E-state index contributed by atoms with van der Waals surface area (Å²) >= 11 is 0. The topological polar surface area (TPSA) is 105 Å². The summed E-state index contributed by atoms with van der Waals surface area (Å²) < 4.78 is 0. The van der Waals surface area contributed by atoms with Crippen LogP contribution in [0.3, 0.4) is 0 Å². The van der Waals surface area contributed by atoms with Gasteiger partial charge in [-0.2, -0.15) is 0 Å². The van der Waals surface area contributed by atoms with E-state index in [1.54, 1.807) is 6.92 Å². The second-order valence-electron chi connectivity index (χ2n) is 6.44. The monoisotopic (exact) mass is 310 g/mol. The van der Waals surface area contributed by atoms with Gasteiger partial charge in [0, 0.05) is 12.6 Å². The highest BCUT2D eigenvalue weighted by molar-refractivity contribution is 6.09.